The summed E-state index contributed by atoms with van der Waals surface area (Å²) in [7, 11) is 0. The Labute approximate surface area is 113 Å². The topological polar surface area (TPSA) is 47.2 Å². The molecule has 17 heavy (non-hydrogen) atoms. The van der Waals surface area contributed by atoms with Crippen molar-refractivity contribution < 1.29 is 18.9 Å². The minimum Gasteiger partial charge on any atom is -0.407 e. The first kappa shape index (κ1) is 14.2. The number of ketones is 1. The minimum atomic E-state index is -1.66. The lowest BCUT2D eigenvalue weighted by molar-refractivity contribution is -0.586. The van der Waals surface area contributed by atoms with E-state index in [1.165, 1.54) is 19.3 Å². The molecule has 0 saturated heterocycles. The quantitative estimate of drug-likeness (QED) is 0.479. The zero-order valence-electron chi connectivity index (χ0n) is 8.82. The number of aromatic nitrogens is 1. The zero-order valence-corrected chi connectivity index (χ0v) is 11.1. The van der Waals surface area contributed by atoms with Gasteiger partial charge in [-0.15, -0.1) is 0 Å². The Balaban J connectivity index is 2.76. The second-order valence-corrected chi connectivity index (χ2v) is 5.74. The predicted octanol–water partition coefficient (Wildman–Crippen LogP) is 2.53. The summed E-state index contributed by atoms with van der Waals surface area (Å²) in [4.78, 5) is 22.6. The molecule has 0 aliphatic rings. The molecule has 1 heterocycles. The zero-order chi connectivity index (χ0) is 13.1. The van der Waals surface area contributed by atoms with E-state index in [0.717, 1.165) is 4.57 Å². The second kappa shape index (κ2) is 5.67. The van der Waals surface area contributed by atoms with Gasteiger partial charge < -0.3 is 4.74 Å². The average Bonchev–Trinajstić information content (AvgIpc) is 2.25. The molecule has 1 rings (SSSR count). The molecule has 0 spiro atoms. The summed E-state index contributed by atoms with van der Waals surface area (Å²) in [5.74, 6) is -0.159. The SMILES string of the molecule is CC(=O)c1ccc[n+](C(=O)OCC(Cl)(Cl)Cl)c1. The number of halogens is 3. The average molecular weight is 298 g/mol. The Bertz CT molecular complexity index is 443. The lowest BCUT2D eigenvalue weighted by atomic mass is 10.2. The Morgan fingerprint density at radius 1 is 1.41 bits per heavy atom. The highest BCUT2D eigenvalue weighted by Gasteiger charge is 2.26. The van der Waals surface area contributed by atoms with E-state index in [-0.39, 0.29) is 12.4 Å². The van der Waals surface area contributed by atoms with Crippen LogP contribution in [0, 0.1) is 0 Å². The number of alkyl halides is 3. The molecular formula is C10H9Cl3NO3+. The number of Topliss-reactive ketones (excluding diaryl/α,β-unsaturated/α-hetero) is 1. The highest BCUT2D eigenvalue weighted by Crippen LogP contribution is 2.25. The van der Waals surface area contributed by atoms with Crippen molar-refractivity contribution in [3.63, 3.8) is 0 Å². The molecule has 0 N–H and O–H groups in total. The van der Waals surface area contributed by atoms with Crippen molar-refractivity contribution in [3.05, 3.63) is 30.1 Å². The van der Waals surface area contributed by atoms with Crippen LogP contribution in [0.1, 0.15) is 17.3 Å². The first-order chi connectivity index (χ1) is 7.79. The Morgan fingerprint density at radius 2 is 2.06 bits per heavy atom. The number of rotatable bonds is 2. The van der Waals surface area contributed by atoms with Crippen LogP contribution in [0.4, 0.5) is 4.79 Å². The van der Waals surface area contributed by atoms with E-state index in [1.807, 2.05) is 0 Å². The number of carbonyl (C=O) groups is 2. The monoisotopic (exact) mass is 296 g/mol. The molecule has 0 saturated carbocycles. The largest absolute Gasteiger partial charge is 0.602 e. The molecule has 1 aromatic heterocycles. The van der Waals surface area contributed by atoms with Gasteiger partial charge in [0.05, 0.1) is 5.56 Å². The van der Waals surface area contributed by atoms with E-state index in [1.54, 1.807) is 12.1 Å². The van der Waals surface area contributed by atoms with Crippen molar-refractivity contribution in [1.29, 1.82) is 0 Å². The first-order valence-corrected chi connectivity index (χ1v) is 5.69. The van der Waals surface area contributed by atoms with Gasteiger partial charge in [-0.2, -0.15) is 4.79 Å². The fraction of sp³-hybridized carbons (Fsp3) is 0.300. The van der Waals surface area contributed by atoms with E-state index in [4.69, 9.17) is 39.5 Å². The molecule has 1 aromatic rings. The third-order valence-electron chi connectivity index (χ3n) is 1.78. The molecule has 4 nitrogen and oxygen atoms in total. The maximum Gasteiger partial charge on any atom is 0.602 e. The second-order valence-electron chi connectivity index (χ2n) is 3.23. The molecule has 0 fully saturated rings. The number of ether oxygens (including phenoxy) is 1. The maximum absolute atomic E-state index is 11.5. The Morgan fingerprint density at radius 3 is 2.59 bits per heavy atom. The Kier molecular flexibility index (Phi) is 4.74. The van der Waals surface area contributed by atoms with Crippen molar-refractivity contribution in [2.75, 3.05) is 6.61 Å². The van der Waals surface area contributed by atoms with Gasteiger partial charge in [0.25, 0.3) is 0 Å². The first-order valence-electron chi connectivity index (χ1n) is 4.56. The molecule has 0 radical (unpaired) electrons. The predicted molar refractivity (Wildman–Crippen MR) is 63.7 cm³/mol. The van der Waals surface area contributed by atoms with Crippen molar-refractivity contribution >= 4 is 46.7 Å². The standard InChI is InChI=1S/C10H9Cl3NO3/c1-7(15)8-3-2-4-14(5-8)9(16)17-6-10(11,12)13/h2-5H,6H2,1H3/q+1. The molecule has 0 aliphatic heterocycles. The van der Waals surface area contributed by atoms with Gasteiger partial charge in [0.1, 0.15) is 6.61 Å². The summed E-state index contributed by atoms with van der Waals surface area (Å²) in [5.41, 5.74) is 0.387. The third-order valence-corrected chi connectivity index (χ3v) is 2.10. The molecular weight excluding hydrogens is 288 g/mol. The van der Waals surface area contributed by atoms with Gasteiger partial charge in [-0.1, -0.05) is 39.4 Å². The van der Waals surface area contributed by atoms with Crippen molar-refractivity contribution in [2.45, 2.75) is 10.7 Å². The molecule has 0 unspecified atom stereocenters. The van der Waals surface area contributed by atoms with Gasteiger partial charge in [0.15, 0.2) is 18.2 Å². The van der Waals surface area contributed by atoms with Crippen molar-refractivity contribution in [1.82, 2.24) is 0 Å². The van der Waals surface area contributed by atoms with E-state index < -0.39 is 9.89 Å². The van der Waals surface area contributed by atoms with Crippen LogP contribution in [0.2, 0.25) is 0 Å². The summed E-state index contributed by atoms with van der Waals surface area (Å²) < 4.78 is 4.19. The van der Waals surface area contributed by atoms with Crippen LogP contribution in [0.25, 0.3) is 0 Å². The van der Waals surface area contributed by atoms with Crippen LogP contribution >= 0.6 is 34.8 Å². The van der Waals surface area contributed by atoms with E-state index in [2.05, 4.69) is 0 Å². The van der Waals surface area contributed by atoms with Gasteiger partial charge >= 0.3 is 6.09 Å². The molecule has 0 aliphatic carbocycles. The van der Waals surface area contributed by atoms with Crippen molar-refractivity contribution in [2.24, 2.45) is 0 Å². The number of hydrogen-bond acceptors (Lipinski definition) is 3. The molecule has 0 bridgehead atoms. The van der Waals surface area contributed by atoms with Crippen LogP contribution in [0.3, 0.4) is 0 Å². The molecule has 7 heteroatoms. The van der Waals surface area contributed by atoms with Crippen LogP contribution in [0.5, 0.6) is 0 Å². The normalized spacial score (nSPS) is 11.1. The fourth-order valence-electron chi connectivity index (χ4n) is 1.02. The maximum atomic E-state index is 11.5. The fourth-order valence-corrected chi connectivity index (χ4v) is 1.18. The van der Waals surface area contributed by atoms with E-state index in [9.17, 15) is 9.59 Å². The lowest BCUT2D eigenvalue weighted by Crippen LogP contribution is -2.44. The van der Waals surface area contributed by atoms with Crippen LogP contribution in [-0.4, -0.2) is 22.3 Å². The number of nitrogens with zero attached hydrogens (tertiary/aromatic N) is 1. The van der Waals surface area contributed by atoms with Crippen LogP contribution < -0.4 is 4.57 Å². The van der Waals surface area contributed by atoms with Gasteiger partial charge in [0.2, 0.25) is 3.79 Å². The molecule has 0 amide bonds. The number of carbonyl (C=O) groups excluding carboxylic acids is 2. The van der Waals surface area contributed by atoms with Crippen molar-refractivity contribution in [3.8, 4) is 0 Å². The molecule has 0 aromatic carbocycles. The summed E-state index contributed by atoms with van der Waals surface area (Å²) in [6, 6.07) is 3.13. The number of pyridine rings is 1. The number of hydrogen-bond donors (Lipinski definition) is 0. The molecule has 92 valence electrons. The van der Waals surface area contributed by atoms with Gasteiger partial charge in [0, 0.05) is 6.07 Å². The summed E-state index contributed by atoms with van der Waals surface area (Å²) >= 11 is 16.3. The summed E-state index contributed by atoms with van der Waals surface area (Å²) in [5, 5.41) is 0. The van der Waals surface area contributed by atoms with Gasteiger partial charge in [-0.25, -0.2) is 0 Å². The highest BCUT2D eigenvalue weighted by atomic mass is 35.6. The Hall–Kier alpha value is -0.840. The lowest BCUT2D eigenvalue weighted by Gasteiger charge is -2.08. The summed E-state index contributed by atoms with van der Waals surface area (Å²) in [6.45, 7) is 1.03. The van der Waals surface area contributed by atoms with E-state index in [0.29, 0.717) is 5.56 Å². The highest BCUT2D eigenvalue weighted by molar-refractivity contribution is 6.67. The van der Waals surface area contributed by atoms with E-state index >= 15 is 0 Å². The van der Waals surface area contributed by atoms with Crippen LogP contribution in [0.15, 0.2) is 24.5 Å². The van der Waals surface area contributed by atoms with Gasteiger partial charge in [-0.05, 0) is 13.0 Å². The van der Waals surface area contributed by atoms with Crippen LogP contribution in [-0.2, 0) is 4.74 Å². The minimum absolute atomic E-state index is 0.159. The third kappa shape index (κ3) is 4.89. The molecule has 0 atom stereocenters. The smallest absolute Gasteiger partial charge is 0.407 e. The van der Waals surface area contributed by atoms with Gasteiger partial charge in [-0.3, -0.25) is 4.79 Å². The summed E-state index contributed by atoms with van der Waals surface area (Å²) in [6.07, 6.45) is 2.07.